The van der Waals surface area contributed by atoms with Crippen LogP contribution in [0.5, 0.6) is 5.75 Å². The third-order valence-electron chi connectivity index (χ3n) is 17.1. The Kier molecular flexibility index (Phi) is 10.3. The number of rotatable bonds is 8. The highest BCUT2D eigenvalue weighted by Gasteiger charge is 2.81. The maximum Gasteiger partial charge on any atom is 0.344 e. The monoisotopic (exact) mass is 816 g/mol. The molecule has 9 rings (SSSR count). The van der Waals surface area contributed by atoms with E-state index in [9.17, 15) is 19.5 Å². The first-order valence-corrected chi connectivity index (χ1v) is 22.4. The lowest BCUT2D eigenvalue weighted by Gasteiger charge is -2.63. The lowest BCUT2D eigenvalue weighted by atomic mass is 9.47. The lowest BCUT2D eigenvalue weighted by molar-refractivity contribution is -0.228. The predicted molar refractivity (Wildman–Crippen MR) is 219 cm³/mol. The molecule has 1 amide bonds. The smallest absolute Gasteiger partial charge is 0.344 e. The molecule has 59 heavy (non-hydrogen) atoms. The van der Waals surface area contributed by atoms with Gasteiger partial charge in [0.1, 0.15) is 11.2 Å². The van der Waals surface area contributed by atoms with E-state index in [1.807, 2.05) is 25.1 Å². The summed E-state index contributed by atoms with van der Waals surface area (Å²) in [6.07, 6.45) is 12.4. The van der Waals surface area contributed by atoms with E-state index in [-0.39, 0.29) is 29.9 Å². The van der Waals surface area contributed by atoms with Gasteiger partial charge in [-0.25, -0.2) is 4.79 Å². The van der Waals surface area contributed by atoms with Crippen molar-refractivity contribution in [3.8, 4) is 5.75 Å². The number of anilines is 1. The van der Waals surface area contributed by atoms with Crippen molar-refractivity contribution in [2.45, 2.75) is 132 Å². The normalized spacial score (nSPS) is 43.1. The largest absolute Gasteiger partial charge is 0.496 e. The molecule has 1 spiro atoms. The number of nitrogens with one attached hydrogen (secondary N) is 1. The number of esters is 3. The second-order valence-corrected chi connectivity index (χ2v) is 19.3. The molecule has 1 aromatic rings. The first-order chi connectivity index (χ1) is 28.4. The van der Waals surface area contributed by atoms with Crippen LogP contribution in [0.25, 0.3) is 0 Å². The van der Waals surface area contributed by atoms with Gasteiger partial charge in [-0.1, -0.05) is 45.3 Å². The Morgan fingerprint density at radius 3 is 2.44 bits per heavy atom. The molecule has 6 unspecified atom stereocenters. The van der Waals surface area contributed by atoms with Crippen molar-refractivity contribution in [2.24, 2.45) is 29.1 Å². The van der Waals surface area contributed by atoms with E-state index < -0.39 is 45.9 Å². The summed E-state index contributed by atoms with van der Waals surface area (Å²) < 4.78 is 24.0. The SMILES string of the molecule is CC[C@H]1C[C@@H]2CN(CCC3C4CCCCC4NC3C(C(=O)OC)(c3cc4c(cc3OC)N(C=O)[C@H]3[C@@](O)(C(=O)OC)[C@H](OC(C)=O)[C@@]5(CC)C=CCN6CC[C@]43[C@H]65)C2)C1. The second-order valence-electron chi connectivity index (χ2n) is 19.3. The Labute approximate surface area is 348 Å². The van der Waals surface area contributed by atoms with Crippen molar-refractivity contribution in [3.63, 3.8) is 0 Å². The molecule has 0 aromatic heterocycles. The zero-order valence-electron chi connectivity index (χ0n) is 35.7. The van der Waals surface area contributed by atoms with E-state index in [2.05, 4.69) is 28.1 Å². The van der Waals surface area contributed by atoms with Crippen LogP contribution in [0, 0.1) is 29.1 Å². The first-order valence-electron chi connectivity index (χ1n) is 22.4. The maximum atomic E-state index is 15.4. The Bertz CT molecular complexity index is 1910. The summed E-state index contributed by atoms with van der Waals surface area (Å²) in [6, 6.07) is 2.45. The van der Waals surface area contributed by atoms with Crippen LogP contribution in [0.15, 0.2) is 24.3 Å². The Balaban J connectivity index is 1.33. The number of benzene rings is 1. The summed E-state index contributed by atoms with van der Waals surface area (Å²) in [5.74, 6) is -0.0583. The third kappa shape index (κ3) is 5.48. The zero-order valence-corrected chi connectivity index (χ0v) is 35.7. The second kappa shape index (κ2) is 14.8. The number of aliphatic hydroxyl groups is 1. The minimum Gasteiger partial charge on any atom is -0.496 e. The average molecular weight is 817 g/mol. The van der Waals surface area contributed by atoms with Crippen molar-refractivity contribution >= 4 is 30.0 Å². The molecule has 2 saturated carbocycles. The van der Waals surface area contributed by atoms with Gasteiger partial charge in [-0.3, -0.25) is 19.3 Å². The molecule has 6 fully saturated rings. The highest BCUT2D eigenvalue weighted by Crippen LogP contribution is 2.68. The fraction of sp³-hybridized carbons (Fsp3) is 0.739. The number of carbonyl (C=O) groups excluding carboxylic acids is 4. The molecule has 2 aliphatic carbocycles. The Morgan fingerprint density at radius 1 is 0.966 bits per heavy atom. The molecule has 0 radical (unpaired) electrons. The first kappa shape index (κ1) is 40.9. The maximum absolute atomic E-state index is 15.4. The molecule has 1 aromatic carbocycles. The molecule has 13 heteroatoms. The van der Waals surface area contributed by atoms with Gasteiger partial charge < -0.3 is 39.2 Å². The molecule has 4 saturated heterocycles. The average Bonchev–Trinajstić information content (AvgIpc) is 3.92. The summed E-state index contributed by atoms with van der Waals surface area (Å²) in [4.78, 5) is 63.0. The van der Waals surface area contributed by atoms with E-state index in [1.54, 1.807) is 7.11 Å². The van der Waals surface area contributed by atoms with Gasteiger partial charge in [0, 0.05) is 67.1 Å². The molecular weight excluding hydrogens is 753 g/mol. The summed E-state index contributed by atoms with van der Waals surface area (Å²) in [5.41, 5.74) is -3.70. The molecule has 6 heterocycles. The van der Waals surface area contributed by atoms with Gasteiger partial charge in [-0.05, 0) is 93.3 Å². The van der Waals surface area contributed by atoms with Crippen LogP contribution in [-0.4, -0.2) is 129 Å². The van der Waals surface area contributed by atoms with Gasteiger partial charge in [0.25, 0.3) is 0 Å². The van der Waals surface area contributed by atoms with E-state index in [4.69, 9.17) is 18.9 Å². The number of piperidine rings is 1. The van der Waals surface area contributed by atoms with Gasteiger partial charge in [-0.2, -0.15) is 0 Å². The number of fused-ring (bicyclic) bond motifs is 6. The van der Waals surface area contributed by atoms with Gasteiger partial charge in [0.05, 0.1) is 33.1 Å². The van der Waals surface area contributed by atoms with E-state index in [0.29, 0.717) is 68.1 Å². The Hall–Kier alpha value is -3.52. The van der Waals surface area contributed by atoms with Gasteiger partial charge in [0.2, 0.25) is 12.0 Å². The van der Waals surface area contributed by atoms with Crippen LogP contribution in [0.1, 0.15) is 96.1 Å². The van der Waals surface area contributed by atoms with E-state index in [1.165, 1.54) is 32.5 Å². The number of nitrogens with zero attached hydrogens (tertiary/aromatic N) is 3. The molecule has 2 bridgehead atoms. The van der Waals surface area contributed by atoms with E-state index >= 15 is 4.79 Å². The van der Waals surface area contributed by atoms with Gasteiger partial charge in [-0.15, -0.1) is 0 Å². The highest BCUT2D eigenvalue weighted by atomic mass is 16.6. The highest BCUT2D eigenvalue weighted by molar-refractivity contribution is 5.94. The third-order valence-corrected chi connectivity index (χ3v) is 17.1. The van der Waals surface area contributed by atoms with Crippen LogP contribution >= 0.6 is 0 Å². The summed E-state index contributed by atoms with van der Waals surface area (Å²) in [5, 5.41) is 17.5. The van der Waals surface area contributed by atoms with Gasteiger partial charge >= 0.3 is 17.9 Å². The minimum atomic E-state index is -2.47. The molecule has 6 aliphatic heterocycles. The number of amides is 1. The standard InChI is InChI=1S/C46H64N4O9/c1-7-28-20-29-23-45(41(53)57-5,37-31(14-18-48(24-28)25-29)30-12-9-10-13-34(30)47-37)33-21-32-35(22-36(33)56-4)50(26-51)39-44(32)16-19-49-17-11-15-43(8-2,38(44)49)40(59-27(3)52)46(39,55)42(54)58-6/h11,15,21-22,26,28-31,34,37-40,47,55H,7-10,12-14,16-20,23-25H2,1-6H3/t28-,29-,30?,31?,34?,37?,38+,39+,40+,43-,44+,45?,46-/m0/s1. The van der Waals surface area contributed by atoms with Crippen molar-refractivity contribution in [1.29, 1.82) is 0 Å². The van der Waals surface area contributed by atoms with Crippen molar-refractivity contribution in [1.82, 2.24) is 15.1 Å². The van der Waals surface area contributed by atoms with Crippen molar-refractivity contribution in [3.05, 3.63) is 35.4 Å². The molecule has 13 nitrogen and oxygen atoms in total. The Morgan fingerprint density at radius 2 is 1.75 bits per heavy atom. The number of ether oxygens (including phenoxy) is 4. The van der Waals surface area contributed by atoms with Crippen molar-refractivity contribution < 1.29 is 43.2 Å². The molecule has 322 valence electrons. The fourth-order valence-corrected chi connectivity index (χ4v) is 15.1. The van der Waals surface area contributed by atoms with Crippen LogP contribution in [0.4, 0.5) is 5.69 Å². The summed E-state index contributed by atoms with van der Waals surface area (Å²) in [7, 11) is 4.33. The van der Waals surface area contributed by atoms with Crippen LogP contribution in [-0.2, 0) is 44.2 Å². The number of hydrogen-bond acceptors (Lipinski definition) is 12. The van der Waals surface area contributed by atoms with Gasteiger partial charge in [0.15, 0.2) is 6.10 Å². The quantitative estimate of drug-likeness (QED) is 0.170. The minimum absolute atomic E-state index is 0.216. The van der Waals surface area contributed by atoms with Crippen molar-refractivity contribution in [2.75, 3.05) is 59.0 Å². The lowest BCUT2D eigenvalue weighted by Crippen LogP contribution is -2.81. The molecule has 2 N–H and O–H groups in total. The van der Waals surface area contributed by atoms with Crippen LogP contribution in [0.2, 0.25) is 0 Å². The number of methoxy groups -OCH3 is 3. The van der Waals surface area contributed by atoms with Crippen LogP contribution in [0.3, 0.4) is 0 Å². The fourth-order valence-electron chi connectivity index (χ4n) is 15.1. The summed E-state index contributed by atoms with van der Waals surface area (Å²) in [6.45, 7) is 9.75. The topological polar surface area (TPSA) is 147 Å². The molecule has 8 aliphatic rings. The van der Waals surface area contributed by atoms with E-state index in [0.717, 1.165) is 69.3 Å². The van der Waals surface area contributed by atoms with Crippen LogP contribution < -0.4 is 15.0 Å². The number of hydrogen-bond donors (Lipinski definition) is 2. The predicted octanol–water partition coefficient (Wildman–Crippen LogP) is 3.87. The molecular formula is C46H64N4O9. The summed E-state index contributed by atoms with van der Waals surface area (Å²) >= 11 is 0. The molecule has 14 atom stereocenters. The number of carbonyl (C=O) groups is 4. The zero-order chi connectivity index (χ0) is 41.6.